The van der Waals surface area contributed by atoms with Crippen LogP contribution in [-0.2, 0) is 25.5 Å². The number of aliphatic hydroxyl groups is 1. The minimum absolute atomic E-state index is 0.00862. The van der Waals surface area contributed by atoms with Gasteiger partial charge in [0.25, 0.3) is 0 Å². The van der Waals surface area contributed by atoms with Crippen LogP contribution in [0.25, 0.3) is 10.9 Å². The molecular formula is C20H25N3O5. The van der Waals surface area contributed by atoms with E-state index in [1.807, 2.05) is 24.3 Å². The number of ether oxygens (including phenoxy) is 1. The third-order valence-corrected chi connectivity index (χ3v) is 4.18. The smallest absolute Gasteiger partial charge is 0.328 e. The Morgan fingerprint density at radius 3 is 2.68 bits per heavy atom. The van der Waals surface area contributed by atoms with Gasteiger partial charge in [-0.25, -0.2) is 4.79 Å². The summed E-state index contributed by atoms with van der Waals surface area (Å²) >= 11 is 0. The lowest BCUT2D eigenvalue weighted by Gasteiger charge is -2.20. The van der Waals surface area contributed by atoms with Gasteiger partial charge in [-0.2, -0.15) is 0 Å². The molecule has 2 atom stereocenters. The van der Waals surface area contributed by atoms with Crippen LogP contribution in [-0.4, -0.2) is 52.2 Å². The number of H-pyrrole nitrogens is 1. The van der Waals surface area contributed by atoms with E-state index < -0.39 is 29.8 Å². The lowest BCUT2D eigenvalue weighted by Crippen LogP contribution is -2.47. The monoisotopic (exact) mass is 387 g/mol. The number of carbonyl (C=O) groups is 3. The van der Waals surface area contributed by atoms with Crippen LogP contribution in [0.4, 0.5) is 0 Å². The van der Waals surface area contributed by atoms with Gasteiger partial charge in [0.15, 0.2) is 5.78 Å². The first-order chi connectivity index (χ1) is 13.3. The van der Waals surface area contributed by atoms with Gasteiger partial charge in [-0.15, -0.1) is 0 Å². The van der Waals surface area contributed by atoms with E-state index in [9.17, 15) is 19.5 Å². The zero-order valence-electron chi connectivity index (χ0n) is 15.9. The fourth-order valence-electron chi connectivity index (χ4n) is 2.79. The molecule has 1 aromatic heterocycles. The summed E-state index contributed by atoms with van der Waals surface area (Å²) in [6.45, 7) is 3.34. The molecule has 0 saturated heterocycles. The maximum atomic E-state index is 12.4. The van der Waals surface area contributed by atoms with Gasteiger partial charge in [-0.1, -0.05) is 18.2 Å². The second-order valence-corrected chi connectivity index (χ2v) is 6.78. The van der Waals surface area contributed by atoms with Gasteiger partial charge in [-0.05, 0) is 31.9 Å². The van der Waals surface area contributed by atoms with E-state index in [0.717, 1.165) is 16.5 Å². The van der Waals surface area contributed by atoms with E-state index in [0.29, 0.717) is 6.21 Å². The van der Waals surface area contributed by atoms with Crippen molar-refractivity contribution in [3.8, 4) is 0 Å². The number of rotatable bonds is 10. The first-order valence-corrected chi connectivity index (χ1v) is 9.09. The first-order valence-electron chi connectivity index (χ1n) is 9.09. The Bertz CT molecular complexity index is 858. The minimum Gasteiger partial charge on any atom is -0.461 e. The minimum atomic E-state index is -1.37. The number of hydrogen-bond donors (Lipinski definition) is 4. The summed E-state index contributed by atoms with van der Waals surface area (Å²) in [6.07, 6.45) is 0.619. The molecule has 2 rings (SSSR count). The fraction of sp³-hybridized carbons (Fsp3) is 0.400. The molecule has 0 aliphatic rings. The zero-order valence-corrected chi connectivity index (χ0v) is 15.9. The average molecular weight is 387 g/mol. The number of nitrogens with one attached hydrogen (secondary N) is 3. The predicted octanol–water partition coefficient (Wildman–Crippen LogP) is 1.51. The molecule has 0 unspecified atom stereocenters. The number of Topliss-reactive ketones (excluding diaryl/α,β-unsaturated/α-hetero) is 1. The van der Waals surface area contributed by atoms with E-state index in [1.165, 1.54) is 0 Å². The summed E-state index contributed by atoms with van der Waals surface area (Å²) in [6, 6.07) is 6.45. The van der Waals surface area contributed by atoms with Gasteiger partial charge in [0.1, 0.15) is 12.1 Å². The van der Waals surface area contributed by atoms with E-state index in [-0.39, 0.29) is 25.4 Å². The van der Waals surface area contributed by atoms with Gasteiger partial charge in [0, 0.05) is 29.9 Å². The van der Waals surface area contributed by atoms with Crippen LogP contribution >= 0.6 is 0 Å². The topological polar surface area (TPSA) is 132 Å². The van der Waals surface area contributed by atoms with Crippen LogP contribution in [0.2, 0.25) is 0 Å². The van der Waals surface area contributed by atoms with Crippen LogP contribution in [0.1, 0.15) is 32.3 Å². The number of carbonyl (C=O) groups excluding carboxylic acids is 3. The van der Waals surface area contributed by atoms with Crippen LogP contribution in [0.3, 0.4) is 0 Å². The predicted molar refractivity (Wildman–Crippen MR) is 104 cm³/mol. The van der Waals surface area contributed by atoms with E-state index >= 15 is 0 Å². The van der Waals surface area contributed by atoms with E-state index in [2.05, 4.69) is 10.3 Å². The number of benzene rings is 1. The van der Waals surface area contributed by atoms with Crippen molar-refractivity contribution < 1.29 is 24.2 Å². The summed E-state index contributed by atoms with van der Waals surface area (Å²) in [7, 11) is 0. The largest absolute Gasteiger partial charge is 0.461 e. The summed E-state index contributed by atoms with van der Waals surface area (Å²) in [5.74, 6) is -1.87. The van der Waals surface area contributed by atoms with Gasteiger partial charge in [0.05, 0.1) is 12.3 Å². The molecule has 28 heavy (non-hydrogen) atoms. The molecule has 0 saturated carbocycles. The zero-order chi connectivity index (χ0) is 20.7. The molecular weight excluding hydrogens is 362 g/mol. The van der Waals surface area contributed by atoms with Crippen molar-refractivity contribution in [2.45, 2.75) is 51.4 Å². The third kappa shape index (κ3) is 5.75. The van der Waals surface area contributed by atoms with Crippen molar-refractivity contribution in [1.82, 2.24) is 10.3 Å². The molecule has 0 bridgehead atoms. The highest BCUT2D eigenvalue weighted by atomic mass is 16.5. The van der Waals surface area contributed by atoms with Gasteiger partial charge in [-0.3, -0.25) is 9.59 Å². The number of aromatic nitrogens is 1. The van der Waals surface area contributed by atoms with Gasteiger partial charge < -0.3 is 25.6 Å². The molecule has 0 aliphatic heterocycles. The SMILES string of the molecule is CC(C)OC(=O)[C@H](CCC(=O)C=N)NC(=O)[C@@H](O)Cc1c[nH]c2ccccc12. The Morgan fingerprint density at radius 2 is 2.00 bits per heavy atom. The quantitative estimate of drug-likeness (QED) is 0.362. The lowest BCUT2D eigenvalue weighted by molar-refractivity contribution is -0.152. The van der Waals surface area contributed by atoms with Gasteiger partial charge in [0.2, 0.25) is 5.91 Å². The molecule has 4 N–H and O–H groups in total. The summed E-state index contributed by atoms with van der Waals surface area (Å²) in [4.78, 5) is 39.1. The van der Waals surface area contributed by atoms with Crippen molar-refractivity contribution in [2.24, 2.45) is 0 Å². The number of para-hydroxylation sites is 1. The number of aromatic amines is 1. The van der Waals surface area contributed by atoms with Crippen molar-refractivity contribution in [2.75, 3.05) is 0 Å². The molecule has 8 nitrogen and oxygen atoms in total. The highest BCUT2D eigenvalue weighted by molar-refractivity contribution is 6.26. The van der Waals surface area contributed by atoms with Crippen LogP contribution in [0, 0.1) is 5.41 Å². The summed E-state index contributed by atoms with van der Waals surface area (Å²) in [5, 5.41) is 20.6. The lowest BCUT2D eigenvalue weighted by atomic mass is 10.0. The van der Waals surface area contributed by atoms with Gasteiger partial charge >= 0.3 is 5.97 Å². The second kappa shape index (κ2) is 9.80. The number of esters is 1. The van der Waals surface area contributed by atoms with Crippen LogP contribution in [0.5, 0.6) is 0 Å². The van der Waals surface area contributed by atoms with Crippen LogP contribution in [0.15, 0.2) is 30.5 Å². The number of aliphatic hydroxyl groups excluding tert-OH is 1. The molecule has 0 spiro atoms. The molecule has 1 amide bonds. The van der Waals surface area contributed by atoms with Crippen molar-refractivity contribution in [3.63, 3.8) is 0 Å². The molecule has 0 fully saturated rings. The molecule has 1 aromatic carbocycles. The number of ketones is 1. The maximum absolute atomic E-state index is 12.4. The molecule has 0 aliphatic carbocycles. The Kier molecular flexibility index (Phi) is 7.45. The molecule has 0 radical (unpaired) electrons. The third-order valence-electron chi connectivity index (χ3n) is 4.18. The van der Waals surface area contributed by atoms with Crippen molar-refractivity contribution in [3.05, 3.63) is 36.0 Å². The fourth-order valence-corrected chi connectivity index (χ4v) is 2.79. The second-order valence-electron chi connectivity index (χ2n) is 6.78. The Labute approximate surface area is 162 Å². The highest BCUT2D eigenvalue weighted by Gasteiger charge is 2.27. The van der Waals surface area contributed by atoms with E-state index in [1.54, 1.807) is 20.0 Å². The molecule has 1 heterocycles. The van der Waals surface area contributed by atoms with E-state index in [4.69, 9.17) is 10.1 Å². The molecule has 150 valence electrons. The highest BCUT2D eigenvalue weighted by Crippen LogP contribution is 2.19. The van der Waals surface area contributed by atoms with Crippen LogP contribution < -0.4 is 5.32 Å². The molecule has 2 aromatic rings. The Morgan fingerprint density at radius 1 is 1.29 bits per heavy atom. The van der Waals surface area contributed by atoms with Crippen molar-refractivity contribution >= 4 is 34.8 Å². The number of hydrogen-bond acceptors (Lipinski definition) is 6. The summed E-state index contributed by atoms with van der Waals surface area (Å²) in [5.41, 5.74) is 1.67. The van der Waals surface area contributed by atoms with Crippen molar-refractivity contribution in [1.29, 1.82) is 5.41 Å². The number of amides is 1. The maximum Gasteiger partial charge on any atom is 0.328 e. The normalized spacial score (nSPS) is 13.1. The average Bonchev–Trinajstić information content (AvgIpc) is 3.06. The Hall–Kier alpha value is -3.00. The summed E-state index contributed by atoms with van der Waals surface area (Å²) < 4.78 is 5.11. The standard InChI is InChI=1S/C20H25N3O5/c1-12(2)28-20(27)17(8-7-14(24)10-21)23-19(26)18(25)9-13-11-22-16-6-4-3-5-15(13)16/h3-6,10-12,17-18,21-22,25H,7-9H2,1-2H3,(H,23,26)/t17-,18-/m0/s1. The Balaban J connectivity index is 2.04. The molecule has 8 heteroatoms. The number of fused-ring (bicyclic) bond motifs is 1. The first kappa shape index (κ1) is 21.3.